The number of aromatic nitrogens is 1. The lowest BCUT2D eigenvalue weighted by Crippen LogP contribution is -2.06. The molecule has 0 aliphatic heterocycles. The summed E-state index contributed by atoms with van der Waals surface area (Å²) in [4.78, 5) is 27.0. The Morgan fingerprint density at radius 1 is 1.29 bits per heavy atom. The fraction of sp³-hybridized carbons (Fsp3) is 0.125. The molecule has 0 saturated carbocycles. The van der Waals surface area contributed by atoms with Gasteiger partial charge in [-0.15, -0.1) is 11.3 Å². The second-order valence-corrected chi connectivity index (χ2v) is 5.89. The van der Waals surface area contributed by atoms with Crippen LogP contribution in [0.3, 0.4) is 0 Å². The first kappa shape index (κ1) is 12.3. The Bertz CT molecular complexity index is 952. The van der Waals surface area contributed by atoms with Gasteiger partial charge in [0.1, 0.15) is 0 Å². The summed E-state index contributed by atoms with van der Waals surface area (Å²) >= 11 is 1.44. The number of carbonyl (C=O) groups is 1. The third-order valence-corrected chi connectivity index (χ3v) is 4.85. The van der Waals surface area contributed by atoms with E-state index in [1.807, 2.05) is 23.6 Å². The first-order chi connectivity index (χ1) is 10.2. The minimum Gasteiger partial charge on any atom is -0.465 e. The van der Waals surface area contributed by atoms with Crippen molar-refractivity contribution in [2.45, 2.75) is 6.42 Å². The van der Waals surface area contributed by atoms with E-state index in [0.717, 1.165) is 32.5 Å². The van der Waals surface area contributed by atoms with Crippen LogP contribution in [-0.2, 0) is 11.2 Å². The van der Waals surface area contributed by atoms with Gasteiger partial charge in [0, 0.05) is 17.4 Å². The zero-order chi connectivity index (χ0) is 14.6. The predicted molar refractivity (Wildman–Crippen MR) is 82.0 cm³/mol. The predicted octanol–water partition coefficient (Wildman–Crippen LogP) is 2.95. The van der Waals surface area contributed by atoms with E-state index < -0.39 is 0 Å². The smallest absolute Gasteiger partial charge is 0.338 e. The average molecular weight is 297 g/mol. The summed E-state index contributed by atoms with van der Waals surface area (Å²) in [5.74, 6) is -0.344. The van der Waals surface area contributed by atoms with E-state index in [1.165, 1.54) is 18.4 Å². The average Bonchev–Trinajstić information content (AvgIpc) is 3.11. The largest absolute Gasteiger partial charge is 0.465 e. The topological polar surface area (TPSA) is 59.2 Å². The van der Waals surface area contributed by atoms with Crippen LogP contribution in [0.2, 0.25) is 0 Å². The molecule has 0 spiro atoms. The number of hydrogen-bond acceptors (Lipinski definition) is 4. The number of esters is 1. The molecule has 0 radical (unpaired) electrons. The number of rotatable bonds is 1. The molecule has 2 heterocycles. The van der Waals surface area contributed by atoms with Gasteiger partial charge < -0.3 is 9.72 Å². The third-order valence-electron chi connectivity index (χ3n) is 3.94. The van der Waals surface area contributed by atoms with Gasteiger partial charge in [-0.1, -0.05) is 12.1 Å². The maximum atomic E-state index is 12.1. The first-order valence-electron chi connectivity index (χ1n) is 6.53. The van der Waals surface area contributed by atoms with Crippen LogP contribution in [0.4, 0.5) is 0 Å². The SMILES string of the molecule is COC(=O)c1cccc2c1Cc1c-2[nH]c(=O)c2sccc12. The van der Waals surface area contributed by atoms with Gasteiger partial charge in [0.2, 0.25) is 0 Å². The van der Waals surface area contributed by atoms with Gasteiger partial charge in [-0.2, -0.15) is 0 Å². The number of H-pyrrole nitrogens is 1. The number of aromatic amines is 1. The van der Waals surface area contributed by atoms with Crippen LogP contribution in [0.25, 0.3) is 21.3 Å². The Balaban J connectivity index is 2.04. The molecule has 0 bridgehead atoms. The number of carbonyl (C=O) groups excluding carboxylic acids is 1. The zero-order valence-electron chi connectivity index (χ0n) is 11.2. The Hall–Kier alpha value is -2.40. The number of nitrogens with one attached hydrogen (secondary N) is 1. The fourth-order valence-corrected chi connectivity index (χ4v) is 3.82. The van der Waals surface area contributed by atoms with Gasteiger partial charge >= 0.3 is 5.97 Å². The minimum atomic E-state index is -0.344. The quantitative estimate of drug-likeness (QED) is 0.550. The van der Waals surface area contributed by atoms with E-state index in [-0.39, 0.29) is 11.5 Å². The van der Waals surface area contributed by atoms with E-state index in [1.54, 1.807) is 6.07 Å². The Morgan fingerprint density at radius 2 is 2.14 bits per heavy atom. The Kier molecular flexibility index (Phi) is 2.53. The second-order valence-electron chi connectivity index (χ2n) is 4.97. The first-order valence-corrected chi connectivity index (χ1v) is 7.41. The summed E-state index contributed by atoms with van der Waals surface area (Å²) in [6.45, 7) is 0. The summed E-state index contributed by atoms with van der Waals surface area (Å²) < 4.78 is 5.58. The monoisotopic (exact) mass is 297 g/mol. The van der Waals surface area contributed by atoms with E-state index in [9.17, 15) is 9.59 Å². The van der Waals surface area contributed by atoms with Crippen molar-refractivity contribution in [1.82, 2.24) is 4.98 Å². The number of thiophene rings is 1. The molecule has 4 nitrogen and oxygen atoms in total. The van der Waals surface area contributed by atoms with Crippen molar-refractivity contribution < 1.29 is 9.53 Å². The number of methoxy groups -OCH3 is 1. The molecule has 4 rings (SSSR count). The van der Waals surface area contributed by atoms with E-state index >= 15 is 0 Å². The van der Waals surface area contributed by atoms with Gasteiger partial charge in [-0.3, -0.25) is 4.79 Å². The lowest BCUT2D eigenvalue weighted by atomic mass is 10.0. The highest BCUT2D eigenvalue weighted by atomic mass is 32.1. The highest BCUT2D eigenvalue weighted by molar-refractivity contribution is 7.17. The Morgan fingerprint density at radius 3 is 2.95 bits per heavy atom. The van der Waals surface area contributed by atoms with Crippen molar-refractivity contribution in [3.05, 3.63) is 56.7 Å². The molecule has 0 fully saturated rings. The molecule has 0 saturated heterocycles. The summed E-state index contributed by atoms with van der Waals surface area (Å²) in [6, 6.07) is 7.48. The summed E-state index contributed by atoms with van der Waals surface area (Å²) in [5.41, 5.74) is 4.24. The van der Waals surface area contributed by atoms with Crippen LogP contribution in [0.15, 0.2) is 34.4 Å². The van der Waals surface area contributed by atoms with Crippen molar-refractivity contribution in [3.63, 3.8) is 0 Å². The van der Waals surface area contributed by atoms with E-state index in [4.69, 9.17) is 4.74 Å². The van der Waals surface area contributed by atoms with Crippen molar-refractivity contribution in [3.8, 4) is 11.3 Å². The molecule has 3 aromatic rings. The Labute approximate surface area is 124 Å². The molecule has 21 heavy (non-hydrogen) atoms. The van der Waals surface area contributed by atoms with Crippen LogP contribution in [-0.4, -0.2) is 18.1 Å². The lowest BCUT2D eigenvalue weighted by Gasteiger charge is -2.05. The molecule has 5 heteroatoms. The number of hydrogen-bond donors (Lipinski definition) is 1. The maximum absolute atomic E-state index is 12.1. The normalized spacial score (nSPS) is 12.2. The third kappa shape index (κ3) is 1.61. The molecular formula is C16H11NO3S. The van der Waals surface area contributed by atoms with Crippen LogP contribution >= 0.6 is 11.3 Å². The van der Waals surface area contributed by atoms with Crippen LogP contribution in [0.1, 0.15) is 21.5 Å². The van der Waals surface area contributed by atoms with E-state index in [0.29, 0.717) is 12.0 Å². The summed E-state index contributed by atoms with van der Waals surface area (Å²) in [5, 5.41) is 2.90. The standard InChI is InChI=1S/C16H11NO3S/c1-20-16(19)10-4-2-3-8-11(10)7-12-9-5-6-21-14(9)15(18)17-13(8)12/h2-6H,7H2,1H3,(H,17,18). The van der Waals surface area contributed by atoms with Crippen molar-refractivity contribution in [1.29, 1.82) is 0 Å². The number of fused-ring (bicyclic) bond motifs is 5. The lowest BCUT2D eigenvalue weighted by molar-refractivity contribution is 0.0600. The number of ether oxygens (including phenoxy) is 1. The zero-order valence-corrected chi connectivity index (χ0v) is 12.0. The minimum absolute atomic E-state index is 0.0740. The molecule has 2 aromatic heterocycles. The highest BCUT2D eigenvalue weighted by Crippen LogP contribution is 2.40. The number of benzene rings is 1. The number of pyridine rings is 1. The molecule has 1 aromatic carbocycles. The molecule has 0 atom stereocenters. The van der Waals surface area contributed by atoms with Crippen molar-refractivity contribution >= 4 is 27.4 Å². The molecular weight excluding hydrogens is 286 g/mol. The molecule has 0 unspecified atom stereocenters. The summed E-state index contributed by atoms with van der Waals surface area (Å²) in [6.07, 6.45) is 0.639. The van der Waals surface area contributed by atoms with Gasteiger partial charge in [0.05, 0.1) is 23.1 Å². The van der Waals surface area contributed by atoms with Crippen molar-refractivity contribution in [2.75, 3.05) is 7.11 Å². The van der Waals surface area contributed by atoms with Crippen molar-refractivity contribution in [2.24, 2.45) is 0 Å². The molecule has 104 valence electrons. The summed E-state index contributed by atoms with van der Waals surface area (Å²) in [7, 11) is 1.38. The highest BCUT2D eigenvalue weighted by Gasteiger charge is 2.27. The van der Waals surface area contributed by atoms with Crippen LogP contribution < -0.4 is 5.56 Å². The second kappa shape index (κ2) is 4.30. The molecule has 1 aliphatic rings. The molecule has 1 aliphatic carbocycles. The maximum Gasteiger partial charge on any atom is 0.338 e. The van der Waals surface area contributed by atoms with Gasteiger partial charge in [-0.05, 0) is 28.6 Å². The fourth-order valence-electron chi connectivity index (χ4n) is 3.01. The van der Waals surface area contributed by atoms with Gasteiger partial charge in [0.25, 0.3) is 5.56 Å². The van der Waals surface area contributed by atoms with Gasteiger partial charge in [0.15, 0.2) is 0 Å². The molecule has 0 amide bonds. The molecule has 1 N–H and O–H groups in total. The van der Waals surface area contributed by atoms with E-state index in [2.05, 4.69) is 4.98 Å². The van der Waals surface area contributed by atoms with Crippen LogP contribution in [0.5, 0.6) is 0 Å². The van der Waals surface area contributed by atoms with Crippen LogP contribution in [0, 0.1) is 0 Å². The van der Waals surface area contributed by atoms with Gasteiger partial charge in [-0.25, -0.2) is 4.79 Å².